The summed E-state index contributed by atoms with van der Waals surface area (Å²) in [7, 11) is 0. The lowest BCUT2D eigenvalue weighted by atomic mass is 10.1. The molecule has 1 heterocycles. The van der Waals surface area contributed by atoms with Crippen molar-refractivity contribution in [2.75, 3.05) is 6.26 Å². The Balaban J connectivity index is 1.84. The van der Waals surface area contributed by atoms with Crippen molar-refractivity contribution in [3.63, 3.8) is 0 Å². The van der Waals surface area contributed by atoms with Crippen LogP contribution in [0.5, 0.6) is 0 Å². The molecule has 0 saturated heterocycles. The zero-order valence-electron chi connectivity index (χ0n) is 16.4. The first kappa shape index (κ1) is 22.2. The molecule has 1 atom stereocenters. The molecule has 150 valence electrons. The first-order chi connectivity index (χ1) is 13.3. The van der Waals surface area contributed by atoms with E-state index < -0.39 is 12.1 Å². The smallest absolute Gasteiger partial charge is 0.306 e. The van der Waals surface area contributed by atoms with Crippen LogP contribution in [0.3, 0.4) is 0 Å². The summed E-state index contributed by atoms with van der Waals surface area (Å²) in [6.07, 6.45) is 1.67. The zero-order valence-corrected chi connectivity index (χ0v) is 18.0. The van der Waals surface area contributed by atoms with Crippen LogP contribution >= 0.6 is 23.4 Å². The first-order valence-electron chi connectivity index (χ1n) is 8.90. The van der Waals surface area contributed by atoms with Gasteiger partial charge in [-0.15, -0.1) is 0 Å². The number of ether oxygens (including phenoxy) is 1. The molecule has 2 aromatic rings. The van der Waals surface area contributed by atoms with Gasteiger partial charge in [0.05, 0.1) is 0 Å². The highest BCUT2D eigenvalue weighted by Crippen LogP contribution is 2.17. The number of hydrogen-bond acceptors (Lipinski definition) is 6. The summed E-state index contributed by atoms with van der Waals surface area (Å²) in [5, 5.41) is 4.02. The summed E-state index contributed by atoms with van der Waals surface area (Å²) in [5.41, 5.74) is 3.45. The molecule has 0 radical (unpaired) electrons. The molecule has 0 aliphatic heterocycles. The number of nitrogens with one attached hydrogen (secondary N) is 1. The fraction of sp³-hybridized carbons (Fsp3) is 0.400. The van der Waals surface area contributed by atoms with Gasteiger partial charge in [0.1, 0.15) is 0 Å². The number of esters is 1. The minimum absolute atomic E-state index is 0.159. The van der Waals surface area contributed by atoms with Gasteiger partial charge in [-0.05, 0) is 50.6 Å². The van der Waals surface area contributed by atoms with Crippen LogP contribution in [0.15, 0.2) is 29.4 Å². The third kappa shape index (κ3) is 6.21. The lowest BCUT2D eigenvalue weighted by molar-refractivity contribution is -0.154. The number of hydrogen-bond donors (Lipinski definition) is 1. The number of benzene rings is 1. The molecule has 2 rings (SSSR count). The van der Waals surface area contributed by atoms with Crippen LogP contribution in [0.2, 0.25) is 5.02 Å². The second-order valence-electron chi connectivity index (χ2n) is 6.30. The van der Waals surface area contributed by atoms with Crippen LogP contribution in [0.4, 0.5) is 0 Å². The standard InChI is InChI=1S/C20H24ClN3O3S/c1-12-16(13(2)24-20(23-12)28-4)9-10-18(25)27-14(3)19(26)22-11-15-7-5-6-8-17(15)21/h5-8,14H,9-11H2,1-4H3,(H,22,26)/t14-/m1/s1. The molecule has 0 fully saturated rings. The van der Waals surface area contributed by atoms with Gasteiger partial charge >= 0.3 is 5.97 Å². The molecule has 1 aromatic heterocycles. The molecule has 0 unspecified atom stereocenters. The second kappa shape index (κ2) is 10.4. The van der Waals surface area contributed by atoms with E-state index in [9.17, 15) is 9.59 Å². The summed E-state index contributed by atoms with van der Waals surface area (Å²) in [4.78, 5) is 33.1. The molecule has 0 spiro atoms. The average molecular weight is 422 g/mol. The van der Waals surface area contributed by atoms with Crippen LogP contribution in [0, 0.1) is 13.8 Å². The number of aryl methyl sites for hydroxylation is 2. The van der Waals surface area contributed by atoms with Gasteiger partial charge in [0.2, 0.25) is 0 Å². The number of carbonyl (C=O) groups excluding carboxylic acids is 2. The van der Waals surface area contributed by atoms with E-state index in [0.717, 1.165) is 22.5 Å². The van der Waals surface area contributed by atoms with E-state index in [2.05, 4.69) is 15.3 Å². The van der Waals surface area contributed by atoms with E-state index in [4.69, 9.17) is 16.3 Å². The van der Waals surface area contributed by atoms with Crippen LogP contribution in [-0.4, -0.2) is 34.2 Å². The van der Waals surface area contributed by atoms with Gasteiger partial charge in [-0.1, -0.05) is 41.6 Å². The molecule has 1 aromatic carbocycles. The molecule has 0 aliphatic rings. The molecular formula is C20H24ClN3O3S. The van der Waals surface area contributed by atoms with Crippen molar-refractivity contribution in [3.8, 4) is 0 Å². The maximum atomic E-state index is 12.2. The van der Waals surface area contributed by atoms with E-state index in [1.165, 1.54) is 11.8 Å². The van der Waals surface area contributed by atoms with Crippen LogP contribution < -0.4 is 5.32 Å². The Kier molecular flexibility index (Phi) is 8.26. The Morgan fingerprint density at radius 3 is 2.46 bits per heavy atom. The Morgan fingerprint density at radius 1 is 1.21 bits per heavy atom. The minimum Gasteiger partial charge on any atom is -0.453 e. The highest BCUT2D eigenvalue weighted by molar-refractivity contribution is 7.98. The van der Waals surface area contributed by atoms with Gasteiger partial charge in [0.15, 0.2) is 11.3 Å². The number of amides is 1. The molecule has 8 heteroatoms. The monoisotopic (exact) mass is 421 g/mol. The van der Waals surface area contributed by atoms with E-state index in [1.54, 1.807) is 13.0 Å². The van der Waals surface area contributed by atoms with Crippen molar-refractivity contribution in [1.29, 1.82) is 0 Å². The third-order valence-electron chi connectivity index (χ3n) is 4.25. The van der Waals surface area contributed by atoms with E-state index >= 15 is 0 Å². The lowest BCUT2D eigenvalue weighted by Crippen LogP contribution is -2.35. The summed E-state index contributed by atoms with van der Waals surface area (Å²) in [6, 6.07) is 7.25. The van der Waals surface area contributed by atoms with E-state index in [-0.39, 0.29) is 18.9 Å². The van der Waals surface area contributed by atoms with Gasteiger partial charge in [0, 0.05) is 29.4 Å². The quantitative estimate of drug-likeness (QED) is 0.398. The number of carbonyl (C=O) groups is 2. The van der Waals surface area contributed by atoms with Crippen molar-refractivity contribution in [2.45, 2.75) is 51.4 Å². The minimum atomic E-state index is -0.882. The van der Waals surface area contributed by atoms with Crippen molar-refractivity contribution in [2.24, 2.45) is 0 Å². The fourth-order valence-electron chi connectivity index (χ4n) is 2.67. The molecule has 6 nitrogen and oxygen atoms in total. The Bertz CT molecular complexity index is 837. The molecule has 0 aliphatic carbocycles. The molecule has 1 N–H and O–H groups in total. The number of aromatic nitrogens is 2. The van der Waals surface area contributed by atoms with Gasteiger partial charge in [-0.25, -0.2) is 9.97 Å². The molecule has 1 amide bonds. The second-order valence-corrected chi connectivity index (χ2v) is 7.48. The highest BCUT2D eigenvalue weighted by Gasteiger charge is 2.18. The Hall–Kier alpha value is -2.12. The van der Waals surface area contributed by atoms with Crippen LogP contribution in [0.1, 0.15) is 35.9 Å². The maximum absolute atomic E-state index is 12.2. The number of thioether (sulfide) groups is 1. The molecule has 0 saturated carbocycles. The van der Waals surface area contributed by atoms with Crippen LogP contribution in [0.25, 0.3) is 0 Å². The Morgan fingerprint density at radius 2 is 1.86 bits per heavy atom. The fourth-order valence-corrected chi connectivity index (χ4v) is 3.33. The average Bonchev–Trinajstić information content (AvgIpc) is 2.66. The predicted molar refractivity (Wildman–Crippen MR) is 110 cm³/mol. The van der Waals surface area contributed by atoms with Gasteiger partial charge in [-0.2, -0.15) is 0 Å². The van der Waals surface area contributed by atoms with Gasteiger partial charge in [0.25, 0.3) is 5.91 Å². The van der Waals surface area contributed by atoms with Crippen molar-refractivity contribution in [3.05, 3.63) is 51.8 Å². The van der Waals surface area contributed by atoms with Crippen molar-refractivity contribution < 1.29 is 14.3 Å². The molecule has 28 heavy (non-hydrogen) atoms. The van der Waals surface area contributed by atoms with E-state index in [0.29, 0.717) is 16.6 Å². The van der Waals surface area contributed by atoms with Crippen LogP contribution in [-0.2, 0) is 27.3 Å². The first-order valence-corrected chi connectivity index (χ1v) is 10.5. The topological polar surface area (TPSA) is 81.2 Å². The SMILES string of the molecule is CSc1nc(C)c(CCC(=O)O[C@H](C)C(=O)NCc2ccccc2Cl)c(C)n1. The van der Waals surface area contributed by atoms with Gasteiger partial charge in [-0.3, -0.25) is 9.59 Å². The maximum Gasteiger partial charge on any atom is 0.306 e. The predicted octanol–water partition coefficient (Wildman–Crippen LogP) is 3.65. The summed E-state index contributed by atoms with van der Waals surface area (Å²) < 4.78 is 5.25. The summed E-state index contributed by atoms with van der Waals surface area (Å²) in [5.74, 6) is -0.804. The Labute approximate surface area is 174 Å². The van der Waals surface area contributed by atoms with Crippen molar-refractivity contribution >= 4 is 35.2 Å². The zero-order chi connectivity index (χ0) is 20.7. The number of nitrogens with zero attached hydrogens (tertiary/aromatic N) is 2. The summed E-state index contributed by atoms with van der Waals surface area (Å²) in [6.45, 7) is 5.63. The molecular weight excluding hydrogens is 398 g/mol. The number of rotatable bonds is 8. The molecule has 0 bridgehead atoms. The van der Waals surface area contributed by atoms with Crippen molar-refractivity contribution in [1.82, 2.24) is 15.3 Å². The number of halogens is 1. The van der Waals surface area contributed by atoms with E-state index in [1.807, 2.05) is 38.3 Å². The van der Waals surface area contributed by atoms with Gasteiger partial charge < -0.3 is 10.1 Å². The third-order valence-corrected chi connectivity index (χ3v) is 5.17. The normalized spacial score (nSPS) is 11.8. The largest absolute Gasteiger partial charge is 0.453 e. The highest BCUT2D eigenvalue weighted by atomic mass is 35.5. The lowest BCUT2D eigenvalue weighted by Gasteiger charge is -2.14. The summed E-state index contributed by atoms with van der Waals surface area (Å²) >= 11 is 7.55.